The van der Waals surface area contributed by atoms with E-state index in [0.717, 1.165) is 18.7 Å². The van der Waals surface area contributed by atoms with E-state index in [4.69, 9.17) is 16.7 Å². The second-order valence-corrected chi connectivity index (χ2v) is 3.81. The first-order valence-corrected chi connectivity index (χ1v) is 5.33. The van der Waals surface area contributed by atoms with Crippen LogP contribution in [-0.2, 0) is 6.54 Å². The zero-order valence-corrected chi connectivity index (χ0v) is 9.81. The summed E-state index contributed by atoms with van der Waals surface area (Å²) in [5.74, 6) is -0.898. The van der Waals surface area contributed by atoms with E-state index >= 15 is 0 Å². The third kappa shape index (κ3) is 4.04. The van der Waals surface area contributed by atoms with E-state index in [9.17, 15) is 4.79 Å². The molecular weight excluding hydrogens is 226 g/mol. The number of likely N-dealkylation sites (N-methyl/N-ethyl adjacent to an activating group) is 1. The lowest BCUT2D eigenvalue weighted by Gasteiger charge is -2.14. The number of benzene rings is 1. The third-order valence-corrected chi connectivity index (χ3v) is 2.34. The molecule has 1 aromatic rings. The number of halogens is 1. The Kier molecular flexibility index (Phi) is 5.02. The summed E-state index contributed by atoms with van der Waals surface area (Å²) in [5.41, 5.74) is 2.88. The van der Waals surface area contributed by atoms with Crippen molar-refractivity contribution in [3.05, 3.63) is 47.0 Å². The first-order chi connectivity index (χ1) is 7.63. The highest BCUT2D eigenvalue weighted by Gasteiger charge is 2.02. The van der Waals surface area contributed by atoms with Crippen molar-refractivity contribution in [1.29, 1.82) is 0 Å². The smallest absolute Gasteiger partial charge is 0.335 e. The Bertz CT molecular complexity index is 373. The zero-order valence-electron chi connectivity index (χ0n) is 9.06. The number of hydrogen-bond donors (Lipinski definition) is 1. The zero-order chi connectivity index (χ0) is 12.0. The summed E-state index contributed by atoms with van der Waals surface area (Å²) in [4.78, 5) is 12.7. The first-order valence-electron chi connectivity index (χ1n) is 4.89. The number of rotatable bonds is 5. The maximum atomic E-state index is 10.6. The minimum absolute atomic E-state index is 0.312. The standard InChI is InChI=1S/C12H14ClNO2/c1-14(8-2-7-13)9-10-3-5-11(6-4-10)12(15)16/h2-7H,8-9H2,1H3,(H,15,16)/b7-2+. The van der Waals surface area contributed by atoms with Crippen LogP contribution in [0.2, 0.25) is 0 Å². The second kappa shape index (κ2) is 6.30. The van der Waals surface area contributed by atoms with Crippen molar-refractivity contribution >= 4 is 17.6 Å². The lowest BCUT2D eigenvalue weighted by Crippen LogP contribution is -2.17. The van der Waals surface area contributed by atoms with E-state index in [0.29, 0.717) is 5.56 Å². The molecule has 0 aliphatic heterocycles. The highest BCUT2D eigenvalue weighted by Crippen LogP contribution is 2.06. The van der Waals surface area contributed by atoms with Gasteiger partial charge in [-0.15, -0.1) is 0 Å². The Hall–Kier alpha value is -1.32. The predicted octanol–water partition coefficient (Wildman–Crippen LogP) is 2.57. The molecule has 0 saturated heterocycles. The van der Waals surface area contributed by atoms with Crippen LogP contribution in [0.4, 0.5) is 0 Å². The lowest BCUT2D eigenvalue weighted by atomic mass is 10.1. The molecule has 0 aromatic heterocycles. The van der Waals surface area contributed by atoms with Crippen LogP contribution in [0.3, 0.4) is 0 Å². The van der Waals surface area contributed by atoms with Crippen LogP contribution in [0.25, 0.3) is 0 Å². The van der Waals surface area contributed by atoms with Gasteiger partial charge in [0.1, 0.15) is 0 Å². The minimum Gasteiger partial charge on any atom is -0.478 e. The minimum atomic E-state index is -0.898. The van der Waals surface area contributed by atoms with Gasteiger partial charge < -0.3 is 5.11 Å². The fourth-order valence-electron chi connectivity index (χ4n) is 1.35. The molecule has 3 nitrogen and oxygen atoms in total. The van der Waals surface area contributed by atoms with Crippen LogP contribution >= 0.6 is 11.6 Å². The van der Waals surface area contributed by atoms with Crippen molar-refractivity contribution in [3.63, 3.8) is 0 Å². The van der Waals surface area contributed by atoms with E-state index in [2.05, 4.69) is 4.90 Å². The topological polar surface area (TPSA) is 40.5 Å². The van der Waals surface area contributed by atoms with Gasteiger partial charge >= 0.3 is 5.97 Å². The fourth-order valence-corrected chi connectivity index (χ4v) is 1.43. The summed E-state index contributed by atoms with van der Waals surface area (Å²) < 4.78 is 0. The summed E-state index contributed by atoms with van der Waals surface area (Å²) in [7, 11) is 1.97. The molecular formula is C12H14ClNO2. The van der Waals surface area contributed by atoms with Gasteiger partial charge in [0.2, 0.25) is 0 Å². The number of carbonyl (C=O) groups is 1. The van der Waals surface area contributed by atoms with Crippen LogP contribution in [0, 0.1) is 0 Å². The molecule has 0 bridgehead atoms. The van der Waals surface area contributed by atoms with Gasteiger partial charge in [-0.3, -0.25) is 4.90 Å². The molecule has 0 fully saturated rings. The highest BCUT2D eigenvalue weighted by molar-refractivity contribution is 6.25. The Morgan fingerprint density at radius 1 is 1.44 bits per heavy atom. The van der Waals surface area contributed by atoms with Crippen LogP contribution in [-0.4, -0.2) is 29.6 Å². The molecule has 4 heteroatoms. The normalized spacial score (nSPS) is 11.2. The lowest BCUT2D eigenvalue weighted by molar-refractivity contribution is 0.0697. The molecule has 1 aromatic carbocycles. The molecule has 0 amide bonds. The molecule has 0 saturated carbocycles. The molecule has 0 aliphatic carbocycles. The van der Waals surface area contributed by atoms with Gasteiger partial charge in [0, 0.05) is 18.6 Å². The monoisotopic (exact) mass is 239 g/mol. The van der Waals surface area contributed by atoms with Gasteiger partial charge in [-0.05, 0) is 24.7 Å². The molecule has 1 rings (SSSR count). The van der Waals surface area contributed by atoms with E-state index in [-0.39, 0.29) is 0 Å². The molecule has 0 atom stereocenters. The van der Waals surface area contributed by atoms with E-state index < -0.39 is 5.97 Å². The predicted molar refractivity (Wildman–Crippen MR) is 64.7 cm³/mol. The summed E-state index contributed by atoms with van der Waals surface area (Å²) in [6.45, 7) is 1.53. The Morgan fingerprint density at radius 2 is 2.06 bits per heavy atom. The number of aromatic carboxylic acids is 1. The van der Waals surface area contributed by atoms with Crippen LogP contribution in [0.5, 0.6) is 0 Å². The van der Waals surface area contributed by atoms with Gasteiger partial charge in [-0.1, -0.05) is 29.8 Å². The average Bonchev–Trinajstić information content (AvgIpc) is 2.27. The average molecular weight is 240 g/mol. The van der Waals surface area contributed by atoms with Crippen molar-refractivity contribution in [3.8, 4) is 0 Å². The van der Waals surface area contributed by atoms with E-state index in [1.165, 1.54) is 5.54 Å². The first kappa shape index (κ1) is 12.7. The molecule has 16 heavy (non-hydrogen) atoms. The number of nitrogens with zero attached hydrogens (tertiary/aromatic N) is 1. The maximum absolute atomic E-state index is 10.6. The molecule has 0 radical (unpaired) electrons. The SMILES string of the molecule is CN(C/C=C/Cl)Cc1ccc(C(=O)O)cc1. The third-order valence-electron chi connectivity index (χ3n) is 2.16. The van der Waals surface area contributed by atoms with Gasteiger partial charge in [0.15, 0.2) is 0 Å². The molecule has 0 aliphatic rings. The van der Waals surface area contributed by atoms with Crippen molar-refractivity contribution in [2.75, 3.05) is 13.6 Å². The van der Waals surface area contributed by atoms with E-state index in [1.54, 1.807) is 12.1 Å². The molecule has 0 spiro atoms. The second-order valence-electron chi connectivity index (χ2n) is 3.56. The fraction of sp³-hybridized carbons (Fsp3) is 0.250. The Labute approximate surface area is 100.0 Å². The Morgan fingerprint density at radius 3 is 2.56 bits per heavy atom. The highest BCUT2D eigenvalue weighted by atomic mass is 35.5. The van der Waals surface area contributed by atoms with Gasteiger partial charge in [-0.2, -0.15) is 0 Å². The summed E-state index contributed by atoms with van der Waals surface area (Å²) in [6.07, 6.45) is 1.85. The quantitative estimate of drug-likeness (QED) is 0.859. The molecule has 1 N–H and O–H groups in total. The van der Waals surface area contributed by atoms with E-state index in [1.807, 2.05) is 25.3 Å². The van der Waals surface area contributed by atoms with Crippen LogP contribution < -0.4 is 0 Å². The Balaban J connectivity index is 2.58. The van der Waals surface area contributed by atoms with Crippen molar-refractivity contribution in [2.24, 2.45) is 0 Å². The van der Waals surface area contributed by atoms with Gasteiger partial charge in [0.05, 0.1) is 5.56 Å². The van der Waals surface area contributed by atoms with Crippen LogP contribution in [0.1, 0.15) is 15.9 Å². The summed E-state index contributed by atoms with van der Waals surface area (Å²) in [6, 6.07) is 6.88. The number of hydrogen-bond acceptors (Lipinski definition) is 2. The molecule has 86 valence electrons. The van der Waals surface area contributed by atoms with Crippen molar-refractivity contribution in [2.45, 2.75) is 6.54 Å². The van der Waals surface area contributed by atoms with Gasteiger partial charge in [0.25, 0.3) is 0 Å². The maximum Gasteiger partial charge on any atom is 0.335 e. The van der Waals surface area contributed by atoms with Crippen LogP contribution in [0.15, 0.2) is 35.9 Å². The summed E-state index contributed by atoms with van der Waals surface area (Å²) >= 11 is 5.43. The summed E-state index contributed by atoms with van der Waals surface area (Å²) in [5, 5.41) is 8.74. The van der Waals surface area contributed by atoms with Gasteiger partial charge in [-0.25, -0.2) is 4.79 Å². The molecule has 0 heterocycles. The van der Waals surface area contributed by atoms with Crippen molar-refractivity contribution < 1.29 is 9.90 Å². The number of carboxylic acid groups (broad SMARTS) is 1. The number of carboxylic acids is 1. The molecule has 0 unspecified atom stereocenters. The van der Waals surface area contributed by atoms with Crippen molar-refractivity contribution in [1.82, 2.24) is 4.90 Å². The largest absolute Gasteiger partial charge is 0.478 e.